The van der Waals surface area contributed by atoms with Gasteiger partial charge >= 0.3 is 0 Å². The molecule has 1 aliphatic heterocycles. The number of aliphatic imine (C=N–C) groups is 1. The molecule has 25 heavy (non-hydrogen) atoms. The predicted molar refractivity (Wildman–Crippen MR) is 110 cm³/mol. The highest BCUT2D eigenvalue weighted by Crippen LogP contribution is 2.34. The largest absolute Gasteiger partial charge is 0.304 e. The van der Waals surface area contributed by atoms with E-state index in [0.29, 0.717) is 0 Å². The highest BCUT2D eigenvalue weighted by molar-refractivity contribution is 7.98. The first kappa shape index (κ1) is 18.2. The van der Waals surface area contributed by atoms with Gasteiger partial charge in [-0.3, -0.25) is 4.99 Å². The maximum absolute atomic E-state index is 5.08. The molecule has 0 fully saturated rings. The normalized spacial score (nSPS) is 15.1. The fourth-order valence-electron chi connectivity index (χ4n) is 3.33. The number of aryl methyl sites for hydroxylation is 1. The van der Waals surface area contributed by atoms with E-state index in [0.717, 1.165) is 38.4 Å². The highest BCUT2D eigenvalue weighted by Gasteiger charge is 2.19. The molecule has 0 bridgehead atoms. The van der Waals surface area contributed by atoms with Crippen molar-refractivity contribution >= 4 is 17.5 Å². The molecule has 0 amide bonds. The summed E-state index contributed by atoms with van der Waals surface area (Å²) in [5, 5.41) is 0. The number of benzene rings is 2. The lowest BCUT2D eigenvalue weighted by molar-refractivity contribution is 0.302. The van der Waals surface area contributed by atoms with E-state index in [1.807, 2.05) is 11.8 Å². The molecule has 0 saturated carbocycles. The van der Waals surface area contributed by atoms with Crippen LogP contribution in [0.4, 0.5) is 0 Å². The lowest BCUT2D eigenvalue weighted by Crippen LogP contribution is -2.24. The van der Waals surface area contributed by atoms with Crippen LogP contribution in [0.15, 0.2) is 52.4 Å². The van der Waals surface area contributed by atoms with Crippen molar-refractivity contribution in [2.75, 3.05) is 26.2 Å². The Morgan fingerprint density at radius 2 is 1.84 bits per heavy atom. The Balaban J connectivity index is 1.90. The van der Waals surface area contributed by atoms with Crippen LogP contribution in [0.1, 0.15) is 42.5 Å². The minimum absolute atomic E-state index is 0.887. The third-order valence-corrected chi connectivity index (χ3v) is 5.96. The Morgan fingerprint density at radius 1 is 1.04 bits per heavy atom. The van der Waals surface area contributed by atoms with Gasteiger partial charge in [-0.15, -0.1) is 11.8 Å². The second-order valence-corrected chi connectivity index (χ2v) is 7.57. The summed E-state index contributed by atoms with van der Waals surface area (Å²) >= 11 is 1.93. The molecule has 132 valence electrons. The van der Waals surface area contributed by atoms with Crippen molar-refractivity contribution in [2.45, 2.75) is 37.8 Å². The Kier molecular flexibility index (Phi) is 6.33. The van der Waals surface area contributed by atoms with Gasteiger partial charge in [-0.2, -0.15) is 0 Å². The fourth-order valence-corrected chi connectivity index (χ4v) is 4.37. The van der Waals surface area contributed by atoms with Gasteiger partial charge < -0.3 is 4.90 Å². The summed E-state index contributed by atoms with van der Waals surface area (Å²) in [5.41, 5.74) is 6.48. The van der Waals surface area contributed by atoms with Crippen molar-refractivity contribution in [2.24, 2.45) is 4.99 Å². The second-order valence-electron chi connectivity index (χ2n) is 6.56. The van der Waals surface area contributed by atoms with Crippen molar-refractivity contribution in [3.05, 3.63) is 64.7 Å². The number of thioether (sulfide) groups is 1. The quantitative estimate of drug-likeness (QED) is 0.667. The number of rotatable bonds is 6. The van der Waals surface area contributed by atoms with E-state index in [1.165, 1.54) is 32.9 Å². The zero-order valence-corrected chi connectivity index (χ0v) is 16.4. The smallest absolute Gasteiger partial charge is 0.0733 e. The molecule has 0 aliphatic carbocycles. The van der Waals surface area contributed by atoms with Crippen molar-refractivity contribution in [1.29, 1.82) is 0 Å². The molecule has 0 radical (unpaired) electrons. The molecule has 1 aliphatic rings. The number of hydrogen-bond donors (Lipinski definition) is 0. The van der Waals surface area contributed by atoms with Crippen LogP contribution in [0, 0.1) is 6.92 Å². The van der Waals surface area contributed by atoms with Crippen LogP contribution in [0.5, 0.6) is 0 Å². The third kappa shape index (κ3) is 4.34. The van der Waals surface area contributed by atoms with E-state index >= 15 is 0 Å². The third-order valence-electron chi connectivity index (χ3n) is 4.84. The molecule has 3 heteroatoms. The maximum Gasteiger partial charge on any atom is 0.0733 e. The number of nitrogens with zero attached hydrogens (tertiary/aromatic N) is 2. The molecular weight excluding hydrogens is 324 g/mol. The van der Waals surface area contributed by atoms with Gasteiger partial charge in [0.25, 0.3) is 0 Å². The van der Waals surface area contributed by atoms with E-state index in [1.54, 1.807) is 0 Å². The Bertz CT molecular complexity index is 747. The molecule has 2 aromatic carbocycles. The van der Waals surface area contributed by atoms with Gasteiger partial charge in [0.05, 0.1) is 5.71 Å². The summed E-state index contributed by atoms with van der Waals surface area (Å²) in [6.45, 7) is 10.9. The van der Waals surface area contributed by atoms with Gasteiger partial charge in [0.15, 0.2) is 0 Å². The number of fused-ring (bicyclic) bond motifs is 2. The van der Waals surface area contributed by atoms with Gasteiger partial charge in [0.2, 0.25) is 0 Å². The summed E-state index contributed by atoms with van der Waals surface area (Å²) in [6.07, 6.45) is 1.11. The summed E-state index contributed by atoms with van der Waals surface area (Å²) in [4.78, 5) is 8.90. The summed E-state index contributed by atoms with van der Waals surface area (Å²) < 4.78 is 0. The topological polar surface area (TPSA) is 15.6 Å². The van der Waals surface area contributed by atoms with E-state index in [4.69, 9.17) is 4.99 Å². The molecule has 0 N–H and O–H groups in total. The van der Waals surface area contributed by atoms with Crippen molar-refractivity contribution < 1.29 is 0 Å². The van der Waals surface area contributed by atoms with E-state index in [-0.39, 0.29) is 0 Å². The summed E-state index contributed by atoms with van der Waals surface area (Å²) in [6, 6.07) is 15.5. The van der Waals surface area contributed by atoms with Crippen LogP contribution in [-0.4, -0.2) is 36.8 Å². The van der Waals surface area contributed by atoms with E-state index in [9.17, 15) is 0 Å². The first-order valence-corrected chi connectivity index (χ1v) is 10.3. The zero-order chi connectivity index (χ0) is 17.6. The van der Waals surface area contributed by atoms with Crippen molar-refractivity contribution in [1.82, 2.24) is 4.90 Å². The summed E-state index contributed by atoms with van der Waals surface area (Å²) in [7, 11) is 0. The van der Waals surface area contributed by atoms with Crippen LogP contribution < -0.4 is 0 Å². The van der Waals surface area contributed by atoms with Gasteiger partial charge in [-0.25, -0.2) is 0 Å². The predicted octanol–water partition coefficient (Wildman–Crippen LogP) is 5.17. The zero-order valence-electron chi connectivity index (χ0n) is 15.6. The van der Waals surface area contributed by atoms with Crippen LogP contribution in [0.3, 0.4) is 0 Å². The van der Waals surface area contributed by atoms with Crippen molar-refractivity contribution in [3.63, 3.8) is 0 Å². The fraction of sp³-hybridized carbons (Fsp3) is 0.409. The van der Waals surface area contributed by atoms with Crippen molar-refractivity contribution in [3.8, 4) is 0 Å². The van der Waals surface area contributed by atoms with Gasteiger partial charge in [-0.05, 0) is 50.7 Å². The molecule has 2 nitrogen and oxygen atoms in total. The average Bonchev–Trinajstić information content (AvgIpc) is 2.79. The first-order chi connectivity index (χ1) is 12.2. The molecule has 0 spiro atoms. The molecule has 0 aromatic heterocycles. The molecule has 0 atom stereocenters. The molecule has 3 rings (SSSR count). The monoisotopic (exact) mass is 352 g/mol. The lowest BCUT2D eigenvalue weighted by atomic mass is 9.97. The van der Waals surface area contributed by atoms with Gasteiger partial charge in [0.1, 0.15) is 0 Å². The molecule has 1 heterocycles. The Morgan fingerprint density at radius 3 is 2.64 bits per heavy atom. The lowest BCUT2D eigenvalue weighted by Gasteiger charge is -2.17. The average molecular weight is 353 g/mol. The SMILES string of the molecule is CCN(CC)CCC/N=C1/c2ccccc2CSc2ccc(C)cc21. The molecular formula is C22H28N2S. The standard InChI is InChI=1S/C22H28N2S/c1-4-24(5-2)14-8-13-23-22-19-10-7-6-9-18(19)16-25-21-12-11-17(3)15-20(21)22/h6-7,9-12,15H,4-5,8,13-14,16H2,1-3H3/b23-22-. The first-order valence-electron chi connectivity index (χ1n) is 9.31. The van der Waals surface area contributed by atoms with Gasteiger partial charge in [0, 0.05) is 28.3 Å². The van der Waals surface area contributed by atoms with Crippen LogP contribution in [-0.2, 0) is 5.75 Å². The molecule has 0 saturated heterocycles. The number of hydrogen-bond acceptors (Lipinski definition) is 3. The van der Waals surface area contributed by atoms with E-state index < -0.39 is 0 Å². The minimum Gasteiger partial charge on any atom is -0.304 e. The van der Waals surface area contributed by atoms with Crippen LogP contribution in [0.2, 0.25) is 0 Å². The van der Waals surface area contributed by atoms with Gasteiger partial charge in [-0.1, -0.05) is 49.7 Å². The van der Waals surface area contributed by atoms with Crippen LogP contribution in [0.25, 0.3) is 0 Å². The minimum atomic E-state index is 0.887. The summed E-state index contributed by atoms with van der Waals surface area (Å²) in [5.74, 6) is 1.02. The second kappa shape index (κ2) is 8.68. The molecule has 2 aromatic rings. The molecule has 0 unspecified atom stereocenters. The van der Waals surface area contributed by atoms with Crippen LogP contribution >= 0.6 is 11.8 Å². The Labute approximate surface area is 156 Å². The maximum atomic E-state index is 5.08. The highest BCUT2D eigenvalue weighted by atomic mass is 32.2. The van der Waals surface area contributed by atoms with E-state index in [2.05, 4.69) is 68.1 Å². The Hall–Kier alpha value is -1.58.